The first-order valence-electron chi connectivity index (χ1n) is 7.89. The lowest BCUT2D eigenvalue weighted by Crippen LogP contribution is -2.48. The number of ether oxygens (including phenoxy) is 2. The fraction of sp³-hybridized carbons (Fsp3) is 0.556. The first-order chi connectivity index (χ1) is 11.3. The number of carbonyl (C=O) groups is 2. The molecule has 0 radical (unpaired) electrons. The Labute approximate surface area is 146 Å². The van der Waals surface area contributed by atoms with Crippen LogP contribution in [0.5, 0.6) is 0 Å². The second-order valence-corrected chi connectivity index (χ2v) is 8.25. The van der Waals surface area contributed by atoms with E-state index in [1.807, 2.05) is 19.4 Å². The third kappa shape index (κ3) is 4.97. The van der Waals surface area contributed by atoms with E-state index in [9.17, 15) is 14.0 Å². The molecular formula is C18H26FO4S+. The van der Waals surface area contributed by atoms with E-state index in [1.165, 1.54) is 12.1 Å². The van der Waals surface area contributed by atoms with Crippen LogP contribution in [-0.2, 0) is 35.4 Å². The van der Waals surface area contributed by atoms with Gasteiger partial charge in [-0.3, -0.25) is 9.59 Å². The lowest BCUT2D eigenvalue weighted by molar-refractivity contribution is -0.164. The third-order valence-corrected chi connectivity index (χ3v) is 4.95. The molecule has 0 aliphatic carbocycles. The molecule has 0 heterocycles. The average molecular weight is 357 g/mol. The number of benzene rings is 1. The topological polar surface area (TPSA) is 52.6 Å². The normalized spacial score (nSPS) is 13.7. The molecule has 1 aromatic rings. The lowest BCUT2D eigenvalue weighted by atomic mass is 9.73. The zero-order valence-electron chi connectivity index (χ0n) is 14.9. The maximum atomic E-state index is 13.3. The van der Waals surface area contributed by atoms with Crippen molar-refractivity contribution in [3.05, 3.63) is 35.6 Å². The summed E-state index contributed by atoms with van der Waals surface area (Å²) in [6.45, 7) is 5.58. The van der Waals surface area contributed by atoms with Gasteiger partial charge in [-0.1, -0.05) is 12.1 Å². The monoisotopic (exact) mass is 357 g/mol. The largest absolute Gasteiger partial charge is 0.465 e. The smallest absolute Gasteiger partial charge is 0.321 e. The average Bonchev–Trinajstić information content (AvgIpc) is 2.47. The van der Waals surface area contributed by atoms with Crippen LogP contribution in [-0.4, -0.2) is 43.4 Å². The molecule has 0 spiro atoms. The molecule has 0 saturated heterocycles. The summed E-state index contributed by atoms with van der Waals surface area (Å²) in [6, 6.07) is 5.91. The van der Waals surface area contributed by atoms with E-state index in [4.69, 9.17) is 9.47 Å². The second-order valence-electron chi connectivity index (χ2n) is 5.99. The van der Waals surface area contributed by atoms with Gasteiger partial charge in [-0.05, 0) is 49.4 Å². The highest BCUT2D eigenvalue weighted by Crippen LogP contribution is 2.36. The van der Waals surface area contributed by atoms with E-state index in [1.54, 1.807) is 26.0 Å². The molecule has 0 bridgehead atoms. The fourth-order valence-corrected chi connectivity index (χ4v) is 4.36. The van der Waals surface area contributed by atoms with E-state index in [0.717, 1.165) is 5.56 Å². The zero-order chi connectivity index (χ0) is 18.3. The maximum absolute atomic E-state index is 13.3. The van der Waals surface area contributed by atoms with Crippen LogP contribution in [0.25, 0.3) is 0 Å². The van der Waals surface area contributed by atoms with Crippen LogP contribution in [0, 0.1) is 11.7 Å². The predicted octanol–water partition coefficient (Wildman–Crippen LogP) is 2.70. The van der Waals surface area contributed by atoms with Crippen LogP contribution in [0.2, 0.25) is 0 Å². The number of hydrogen-bond donors (Lipinski definition) is 0. The molecule has 0 aromatic heterocycles. The summed E-state index contributed by atoms with van der Waals surface area (Å²) in [6.07, 6.45) is 4.07. The van der Waals surface area contributed by atoms with Gasteiger partial charge in [-0.25, -0.2) is 4.39 Å². The van der Waals surface area contributed by atoms with Gasteiger partial charge in [0.05, 0.1) is 31.1 Å². The van der Waals surface area contributed by atoms with Gasteiger partial charge in [-0.15, -0.1) is 0 Å². The van der Waals surface area contributed by atoms with Crippen molar-refractivity contribution in [2.45, 2.75) is 26.2 Å². The van der Waals surface area contributed by atoms with Crippen molar-refractivity contribution in [3.8, 4) is 0 Å². The van der Waals surface area contributed by atoms with Gasteiger partial charge < -0.3 is 9.47 Å². The Balaban J connectivity index is 3.41. The van der Waals surface area contributed by atoms with Crippen molar-refractivity contribution in [3.63, 3.8) is 0 Å². The molecule has 0 N–H and O–H groups in total. The summed E-state index contributed by atoms with van der Waals surface area (Å²) in [4.78, 5) is 25.1. The number of hydrogen-bond acceptors (Lipinski definition) is 4. The number of esters is 2. The van der Waals surface area contributed by atoms with Crippen molar-refractivity contribution in [2.24, 2.45) is 5.92 Å². The quantitative estimate of drug-likeness (QED) is 0.408. The van der Waals surface area contributed by atoms with Gasteiger partial charge in [0.2, 0.25) is 0 Å². The Bertz CT molecular complexity index is 541. The van der Waals surface area contributed by atoms with Crippen molar-refractivity contribution < 1.29 is 23.5 Å². The number of halogens is 1. The highest BCUT2D eigenvalue weighted by molar-refractivity contribution is 7.95. The minimum atomic E-state index is -1.09. The van der Waals surface area contributed by atoms with E-state index in [2.05, 4.69) is 0 Å². The summed E-state index contributed by atoms with van der Waals surface area (Å²) in [5, 5.41) is 0. The molecule has 24 heavy (non-hydrogen) atoms. The molecular weight excluding hydrogens is 331 g/mol. The summed E-state index contributed by atoms with van der Waals surface area (Å²) in [5.41, 5.74) is -0.116. The molecule has 4 nitrogen and oxygen atoms in total. The van der Waals surface area contributed by atoms with Crippen LogP contribution >= 0.6 is 0 Å². The molecule has 0 aliphatic heterocycles. The second kappa shape index (κ2) is 9.06. The molecule has 0 fully saturated rings. The van der Waals surface area contributed by atoms with Crippen LogP contribution in [0.15, 0.2) is 24.3 Å². The van der Waals surface area contributed by atoms with Gasteiger partial charge in [0.15, 0.2) is 5.92 Å². The Morgan fingerprint density at radius 3 is 1.92 bits per heavy atom. The van der Waals surface area contributed by atoms with Gasteiger partial charge >= 0.3 is 11.9 Å². The van der Waals surface area contributed by atoms with Crippen LogP contribution in [0.1, 0.15) is 26.3 Å². The minimum Gasteiger partial charge on any atom is -0.465 e. The van der Waals surface area contributed by atoms with Crippen molar-refractivity contribution in [2.75, 3.05) is 31.5 Å². The SMILES string of the molecule is CCOC(=O)C(C(=O)OCC)C(C)(C[S+](C)C)c1ccc(F)cc1. The first-order valence-corrected chi connectivity index (χ1v) is 10.1. The minimum absolute atomic E-state index is 0.0617. The van der Waals surface area contributed by atoms with Crippen molar-refractivity contribution >= 4 is 22.8 Å². The third-order valence-electron chi connectivity index (χ3n) is 3.77. The fourth-order valence-electron chi connectivity index (χ4n) is 2.83. The van der Waals surface area contributed by atoms with Crippen molar-refractivity contribution in [1.29, 1.82) is 0 Å². The van der Waals surface area contributed by atoms with Gasteiger partial charge in [0.25, 0.3) is 0 Å². The highest BCUT2D eigenvalue weighted by atomic mass is 32.2. The highest BCUT2D eigenvalue weighted by Gasteiger charge is 2.50. The standard InChI is InChI=1S/C18H26FO4S/c1-6-22-16(20)15(17(21)23-7-2)18(3,12-24(4)5)13-8-10-14(19)11-9-13/h8-11,15H,6-7,12H2,1-5H3/q+1. The molecule has 134 valence electrons. The lowest BCUT2D eigenvalue weighted by Gasteiger charge is -2.33. The molecule has 0 aliphatic rings. The summed E-state index contributed by atoms with van der Waals surface area (Å²) >= 11 is 0. The number of rotatable bonds is 8. The summed E-state index contributed by atoms with van der Waals surface area (Å²) in [5.74, 6) is -2.07. The van der Waals surface area contributed by atoms with Gasteiger partial charge in [0.1, 0.15) is 11.6 Å². The molecule has 0 amide bonds. The van der Waals surface area contributed by atoms with E-state index in [-0.39, 0.29) is 29.9 Å². The number of carbonyl (C=O) groups excluding carboxylic acids is 2. The molecule has 1 aromatic carbocycles. The van der Waals surface area contributed by atoms with E-state index < -0.39 is 23.3 Å². The van der Waals surface area contributed by atoms with Crippen LogP contribution < -0.4 is 0 Å². The molecule has 0 saturated carbocycles. The molecule has 1 atom stereocenters. The Hall–Kier alpha value is -1.56. The van der Waals surface area contributed by atoms with Gasteiger partial charge in [-0.2, -0.15) is 0 Å². The summed E-state index contributed by atoms with van der Waals surface area (Å²) < 4.78 is 23.6. The molecule has 1 rings (SSSR count). The van der Waals surface area contributed by atoms with Crippen molar-refractivity contribution in [1.82, 2.24) is 0 Å². The Kier molecular flexibility index (Phi) is 7.73. The zero-order valence-corrected chi connectivity index (χ0v) is 15.7. The first kappa shape index (κ1) is 20.5. The van der Waals surface area contributed by atoms with Crippen LogP contribution in [0.3, 0.4) is 0 Å². The maximum Gasteiger partial charge on any atom is 0.321 e. The van der Waals surface area contributed by atoms with Crippen LogP contribution in [0.4, 0.5) is 4.39 Å². The van der Waals surface area contributed by atoms with E-state index >= 15 is 0 Å². The summed E-state index contributed by atoms with van der Waals surface area (Å²) in [7, 11) is -0.0617. The molecule has 1 unspecified atom stereocenters. The predicted molar refractivity (Wildman–Crippen MR) is 94.6 cm³/mol. The van der Waals surface area contributed by atoms with E-state index in [0.29, 0.717) is 5.75 Å². The Morgan fingerprint density at radius 2 is 1.54 bits per heavy atom. The molecule has 6 heteroatoms. The van der Waals surface area contributed by atoms with Gasteiger partial charge in [0, 0.05) is 0 Å². The Morgan fingerprint density at radius 1 is 1.08 bits per heavy atom.